The second-order valence-corrected chi connectivity index (χ2v) is 6.20. The summed E-state index contributed by atoms with van der Waals surface area (Å²) >= 11 is 7.37. The first-order valence-electron chi connectivity index (χ1n) is 6.79. The molecule has 0 unspecified atom stereocenters. The number of benzene rings is 2. The van der Waals surface area contributed by atoms with Gasteiger partial charge in [0.25, 0.3) is 0 Å². The molecule has 0 bridgehead atoms. The Kier molecular flexibility index (Phi) is 6.31. The van der Waals surface area contributed by atoms with Gasteiger partial charge in [-0.3, -0.25) is 15.6 Å². The first-order chi connectivity index (χ1) is 11.0. The van der Waals surface area contributed by atoms with Crippen LogP contribution in [0.25, 0.3) is 0 Å². The van der Waals surface area contributed by atoms with Crippen LogP contribution in [0.5, 0.6) is 0 Å². The zero-order valence-electron chi connectivity index (χ0n) is 12.0. The van der Waals surface area contributed by atoms with Crippen LogP contribution in [0.15, 0.2) is 53.4 Å². The van der Waals surface area contributed by atoms with Gasteiger partial charge in [0.05, 0.1) is 11.7 Å². The Morgan fingerprint density at radius 3 is 2.30 bits per heavy atom. The number of hydrogen-bond acceptors (Lipinski definition) is 5. The van der Waals surface area contributed by atoms with E-state index < -0.39 is 5.97 Å². The molecule has 0 heterocycles. The highest BCUT2D eigenvalue weighted by Crippen LogP contribution is 2.20. The van der Waals surface area contributed by atoms with Crippen molar-refractivity contribution in [1.29, 1.82) is 0 Å². The number of hydrazine groups is 1. The number of amides is 1. The molecular formula is C16H14ClN2O3S-. The lowest BCUT2D eigenvalue weighted by Gasteiger charge is -2.09. The standard InChI is InChI=1S/C16H15ClN2O3S/c17-12-3-7-14(8-4-12)23-10-9-15(20)19-18-13-5-1-11(2-6-13)16(21)22/h1-8,18H,9-10H2,(H,19,20)(H,21,22)/p-1. The number of aromatic carboxylic acids is 1. The summed E-state index contributed by atoms with van der Waals surface area (Å²) in [7, 11) is 0. The smallest absolute Gasteiger partial charge is 0.239 e. The van der Waals surface area contributed by atoms with Crippen molar-refractivity contribution in [3.05, 3.63) is 59.1 Å². The van der Waals surface area contributed by atoms with Gasteiger partial charge in [-0.2, -0.15) is 0 Å². The SMILES string of the molecule is O=C(CCSc1ccc(Cl)cc1)NNc1ccc(C(=O)[O-])cc1. The molecular weight excluding hydrogens is 336 g/mol. The topological polar surface area (TPSA) is 81.3 Å². The number of hydrogen-bond donors (Lipinski definition) is 2. The fourth-order valence-corrected chi connectivity index (χ4v) is 2.66. The van der Waals surface area contributed by atoms with Gasteiger partial charge >= 0.3 is 0 Å². The Hall–Kier alpha value is -2.18. The van der Waals surface area contributed by atoms with Gasteiger partial charge in [-0.15, -0.1) is 11.8 Å². The molecule has 23 heavy (non-hydrogen) atoms. The predicted molar refractivity (Wildman–Crippen MR) is 89.3 cm³/mol. The molecule has 0 fully saturated rings. The average Bonchev–Trinajstić information content (AvgIpc) is 2.55. The van der Waals surface area contributed by atoms with Gasteiger partial charge in [-0.1, -0.05) is 23.7 Å². The molecule has 0 saturated heterocycles. The first kappa shape index (κ1) is 17.2. The normalized spacial score (nSPS) is 10.1. The molecule has 5 nitrogen and oxygen atoms in total. The maximum atomic E-state index is 11.7. The Labute approximate surface area is 143 Å². The van der Waals surface area contributed by atoms with Crippen molar-refractivity contribution in [3.63, 3.8) is 0 Å². The summed E-state index contributed by atoms with van der Waals surface area (Å²) in [5.41, 5.74) is 5.96. The van der Waals surface area contributed by atoms with E-state index in [2.05, 4.69) is 10.9 Å². The Balaban J connectivity index is 1.70. The molecule has 1 amide bonds. The number of carbonyl (C=O) groups is 2. The minimum absolute atomic E-state index is 0.0845. The number of rotatable bonds is 7. The molecule has 0 radical (unpaired) electrons. The third kappa shape index (κ3) is 5.84. The lowest BCUT2D eigenvalue weighted by atomic mass is 10.2. The van der Waals surface area contributed by atoms with Gasteiger partial charge < -0.3 is 9.90 Å². The van der Waals surface area contributed by atoms with Crippen LogP contribution in [-0.4, -0.2) is 17.6 Å². The van der Waals surface area contributed by atoms with Crippen LogP contribution in [0.1, 0.15) is 16.8 Å². The number of nitrogens with one attached hydrogen (secondary N) is 2. The third-order valence-electron chi connectivity index (χ3n) is 2.88. The zero-order chi connectivity index (χ0) is 16.7. The Bertz CT molecular complexity index is 675. The molecule has 7 heteroatoms. The van der Waals surface area contributed by atoms with Crippen LogP contribution >= 0.6 is 23.4 Å². The molecule has 0 saturated carbocycles. The van der Waals surface area contributed by atoms with E-state index in [1.807, 2.05) is 24.3 Å². The largest absolute Gasteiger partial charge is 0.545 e. The summed E-state index contributed by atoms with van der Waals surface area (Å²) in [5, 5.41) is 11.3. The maximum Gasteiger partial charge on any atom is 0.239 e. The fourth-order valence-electron chi connectivity index (χ4n) is 1.69. The van der Waals surface area contributed by atoms with Crippen molar-refractivity contribution in [1.82, 2.24) is 5.43 Å². The summed E-state index contributed by atoms with van der Waals surface area (Å²) in [6.45, 7) is 0. The molecule has 0 aromatic heterocycles. The lowest BCUT2D eigenvalue weighted by Crippen LogP contribution is -2.29. The first-order valence-corrected chi connectivity index (χ1v) is 8.15. The van der Waals surface area contributed by atoms with Gasteiger partial charge in [-0.05, 0) is 42.0 Å². The average molecular weight is 350 g/mol. The summed E-state index contributed by atoms with van der Waals surface area (Å²) < 4.78 is 0. The van der Waals surface area contributed by atoms with E-state index in [4.69, 9.17) is 11.6 Å². The van der Waals surface area contributed by atoms with Crippen molar-refractivity contribution in [2.24, 2.45) is 0 Å². The third-order valence-corrected chi connectivity index (χ3v) is 4.14. The molecule has 2 aromatic carbocycles. The summed E-state index contributed by atoms with van der Waals surface area (Å²) in [4.78, 5) is 23.4. The molecule has 2 aromatic rings. The lowest BCUT2D eigenvalue weighted by molar-refractivity contribution is -0.255. The second kappa shape index (κ2) is 8.45. The molecule has 0 aliphatic carbocycles. The second-order valence-electron chi connectivity index (χ2n) is 4.59. The van der Waals surface area contributed by atoms with Gasteiger partial charge in [0.1, 0.15) is 0 Å². The number of halogens is 1. The zero-order valence-corrected chi connectivity index (χ0v) is 13.6. The van der Waals surface area contributed by atoms with E-state index in [1.165, 1.54) is 12.1 Å². The number of carboxylic acid groups (broad SMARTS) is 1. The Morgan fingerprint density at radius 2 is 1.70 bits per heavy atom. The number of anilines is 1. The van der Waals surface area contributed by atoms with E-state index in [-0.39, 0.29) is 11.5 Å². The Morgan fingerprint density at radius 1 is 1.04 bits per heavy atom. The molecule has 2 rings (SSSR count). The van der Waals surface area contributed by atoms with Gasteiger partial charge in [0, 0.05) is 22.1 Å². The van der Waals surface area contributed by atoms with E-state index >= 15 is 0 Å². The molecule has 0 spiro atoms. The number of thioether (sulfide) groups is 1. The van der Waals surface area contributed by atoms with Crippen molar-refractivity contribution >= 4 is 40.9 Å². The van der Waals surface area contributed by atoms with Crippen LogP contribution < -0.4 is 16.0 Å². The molecule has 0 atom stereocenters. The van der Waals surface area contributed by atoms with E-state index in [9.17, 15) is 14.7 Å². The fraction of sp³-hybridized carbons (Fsp3) is 0.125. The van der Waals surface area contributed by atoms with Gasteiger partial charge in [-0.25, -0.2) is 0 Å². The van der Waals surface area contributed by atoms with Crippen molar-refractivity contribution in [3.8, 4) is 0 Å². The van der Waals surface area contributed by atoms with Crippen LogP contribution in [0.3, 0.4) is 0 Å². The van der Waals surface area contributed by atoms with Crippen molar-refractivity contribution < 1.29 is 14.7 Å². The minimum Gasteiger partial charge on any atom is -0.545 e. The number of carboxylic acids is 1. The molecule has 0 aliphatic heterocycles. The van der Waals surface area contributed by atoms with Crippen LogP contribution in [0.4, 0.5) is 5.69 Å². The van der Waals surface area contributed by atoms with Crippen LogP contribution in [0.2, 0.25) is 5.02 Å². The number of carbonyl (C=O) groups excluding carboxylic acids is 2. The van der Waals surface area contributed by atoms with Crippen molar-refractivity contribution in [2.75, 3.05) is 11.2 Å². The van der Waals surface area contributed by atoms with E-state index in [1.54, 1.807) is 23.9 Å². The highest BCUT2D eigenvalue weighted by molar-refractivity contribution is 7.99. The molecule has 120 valence electrons. The quantitative estimate of drug-likeness (QED) is 0.592. The summed E-state index contributed by atoms with van der Waals surface area (Å²) in [6, 6.07) is 13.3. The summed E-state index contributed by atoms with van der Waals surface area (Å²) in [5.74, 6) is -0.756. The van der Waals surface area contributed by atoms with E-state index in [0.717, 1.165) is 4.90 Å². The van der Waals surface area contributed by atoms with Crippen LogP contribution in [0, 0.1) is 0 Å². The monoisotopic (exact) mass is 349 g/mol. The van der Waals surface area contributed by atoms with Crippen LogP contribution in [-0.2, 0) is 4.79 Å². The molecule has 0 aliphatic rings. The predicted octanol–water partition coefficient (Wildman–Crippen LogP) is 2.33. The summed E-state index contributed by atoms with van der Waals surface area (Å²) in [6.07, 6.45) is 0.345. The molecule has 2 N–H and O–H groups in total. The van der Waals surface area contributed by atoms with Crippen molar-refractivity contribution in [2.45, 2.75) is 11.3 Å². The van der Waals surface area contributed by atoms with E-state index in [0.29, 0.717) is 22.9 Å². The highest BCUT2D eigenvalue weighted by atomic mass is 35.5. The van der Waals surface area contributed by atoms with Gasteiger partial charge in [0.15, 0.2) is 0 Å². The van der Waals surface area contributed by atoms with Gasteiger partial charge in [0.2, 0.25) is 5.91 Å². The minimum atomic E-state index is -1.24. The highest BCUT2D eigenvalue weighted by Gasteiger charge is 2.02. The maximum absolute atomic E-state index is 11.7.